The monoisotopic (exact) mass is 297 g/mol. The molecular formula is C17H15NO2S. The fraction of sp³-hybridized carbons (Fsp3) is 0.176. The van der Waals surface area contributed by atoms with Crippen molar-refractivity contribution in [1.29, 1.82) is 0 Å². The van der Waals surface area contributed by atoms with Gasteiger partial charge in [-0.3, -0.25) is 4.79 Å². The summed E-state index contributed by atoms with van der Waals surface area (Å²) in [6, 6.07) is 15.6. The van der Waals surface area contributed by atoms with Crippen LogP contribution in [0.15, 0.2) is 48.5 Å². The van der Waals surface area contributed by atoms with Gasteiger partial charge < -0.3 is 5.11 Å². The number of aliphatic carboxylic acids is 1. The van der Waals surface area contributed by atoms with Crippen LogP contribution in [-0.2, 0) is 11.2 Å². The van der Waals surface area contributed by atoms with Crippen LogP contribution in [0.3, 0.4) is 0 Å². The van der Waals surface area contributed by atoms with E-state index >= 15 is 0 Å². The number of thiazole rings is 1. The lowest BCUT2D eigenvalue weighted by Gasteiger charge is -2.11. The van der Waals surface area contributed by atoms with Crippen LogP contribution in [0.4, 0.5) is 0 Å². The predicted octanol–water partition coefficient (Wildman–Crippen LogP) is 4.02. The van der Waals surface area contributed by atoms with Crippen molar-refractivity contribution in [2.24, 2.45) is 0 Å². The third-order valence-electron chi connectivity index (χ3n) is 3.46. The van der Waals surface area contributed by atoms with Gasteiger partial charge in [-0.15, -0.1) is 11.3 Å². The van der Waals surface area contributed by atoms with Crippen LogP contribution in [0.2, 0.25) is 0 Å². The lowest BCUT2D eigenvalue weighted by atomic mass is 9.95. The molecule has 21 heavy (non-hydrogen) atoms. The number of nitrogens with zero attached hydrogens (tertiary/aromatic N) is 1. The Balaban J connectivity index is 1.93. The van der Waals surface area contributed by atoms with E-state index in [0.717, 1.165) is 26.4 Å². The number of para-hydroxylation sites is 1. The minimum absolute atomic E-state index is 0.429. The van der Waals surface area contributed by atoms with E-state index in [2.05, 4.69) is 4.98 Å². The second-order valence-electron chi connectivity index (χ2n) is 5.08. The highest BCUT2D eigenvalue weighted by atomic mass is 32.1. The van der Waals surface area contributed by atoms with E-state index in [9.17, 15) is 9.90 Å². The van der Waals surface area contributed by atoms with Gasteiger partial charge in [-0.25, -0.2) is 4.98 Å². The van der Waals surface area contributed by atoms with Gasteiger partial charge in [-0.05, 0) is 24.6 Å². The summed E-state index contributed by atoms with van der Waals surface area (Å²) in [6.45, 7) is 1.97. The molecule has 106 valence electrons. The number of carboxylic acid groups (broad SMARTS) is 1. The second-order valence-corrected chi connectivity index (χ2v) is 6.20. The molecule has 4 heteroatoms. The zero-order chi connectivity index (χ0) is 14.8. The van der Waals surface area contributed by atoms with Gasteiger partial charge in [0.15, 0.2) is 0 Å². The Kier molecular flexibility index (Phi) is 3.71. The third-order valence-corrected chi connectivity index (χ3v) is 4.52. The lowest BCUT2D eigenvalue weighted by molar-refractivity contribution is -0.138. The Bertz CT molecular complexity index is 761. The molecule has 0 bridgehead atoms. The number of fused-ring (bicyclic) bond motifs is 1. The predicted molar refractivity (Wildman–Crippen MR) is 84.9 cm³/mol. The first-order valence-electron chi connectivity index (χ1n) is 6.77. The highest BCUT2D eigenvalue weighted by Crippen LogP contribution is 2.28. The zero-order valence-electron chi connectivity index (χ0n) is 11.6. The van der Waals surface area contributed by atoms with Crippen LogP contribution in [0.1, 0.15) is 22.1 Å². The number of aromatic nitrogens is 1. The first-order chi connectivity index (χ1) is 10.1. The molecule has 0 spiro atoms. The van der Waals surface area contributed by atoms with Crippen molar-refractivity contribution >= 4 is 27.5 Å². The summed E-state index contributed by atoms with van der Waals surface area (Å²) in [5, 5.41) is 10.4. The zero-order valence-corrected chi connectivity index (χ0v) is 12.4. The van der Waals surface area contributed by atoms with E-state index in [1.54, 1.807) is 11.3 Å². The van der Waals surface area contributed by atoms with Gasteiger partial charge in [0.25, 0.3) is 0 Å². The Hall–Kier alpha value is -2.20. The summed E-state index contributed by atoms with van der Waals surface area (Å²) in [5.74, 6) is -1.36. The normalized spacial score (nSPS) is 12.4. The Morgan fingerprint density at radius 1 is 1.24 bits per heavy atom. The van der Waals surface area contributed by atoms with Gasteiger partial charge in [0.1, 0.15) is 0 Å². The second kappa shape index (κ2) is 5.66. The minimum atomic E-state index is -0.806. The lowest BCUT2D eigenvalue weighted by Crippen LogP contribution is -2.14. The van der Waals surface area contributed by atoms with Gasteiger partial charge in [-0.1, -0.05) is 42.0 Å². The molecule has 0 aliphatic carbocycles. The topological polar surface area (TPSA) is 50.2 Å². The smallest absolute Gasteiger partial charge is 0.311 e. The van der Waals surface area contributed by atoms with Crippen molar-refractivity contribution in [2.45, 2.75) is 19.3 Å². The molecule has 0 saturated heterocycles. The fourth-order valence-corrected chi connectivity index (χ4v) is 3.43. The van der Waals surface area contributed by atoms with Gasteiger partial charge in [0.2, 0.25) is 0 Å². The van der Waals surface area contributed by atoms with Gasteiger partial charge in [-0.2, -0.15) is 0 Å². The Morgan fingerprint density at radius 3 is 2.76 bits per heavy atom. The van der Waals surface area contributed by atoms with Crippen LogP contribution in [0.5, 0.6) is 0 Å². The number of aryl methyl sites for hydroxylation is 1. The molecule has 1 heterocycles. The van der Waals surface area contributed by atoms with Gasteiger partial charge in [0, 0.05) is 6.42 Å². The fourth-order valence-electron chi connectivity index (χ4n) is 2.42. The SMILES string of the molecule is Cc1cccc(C(Cc2nc3ccccc3s2)C(=O)O)c1. The van der Waals surface area contributed by atoms with E-state index in [4.69, 9.17) is 0 Å². The molecule has 0 radical (unpaired) electrons. The van der Waals surface area contributed by atoms with Crippen molar-refractivity contribution < 1.29 is 9.90 Å². The summed E-state index contributed by atoms with van der Waals surface area (Å²) >= 11 is 1.57. The van der Waals surface area contributed by atoms with Crippen LogP contribution in [0.25, 0.3) is 10.2 Å². The van der Waals surface area contributed by atoms with E-state index < -0.39 is 11.9 Å². The molecule has 1 atom stereocenters. The average molecular weight is 297 g/mol. The first kappa shape index (κ1) is 13.8. The molecule has 0 aliphatic heterocycles. The van der Waals surface area contributed by atoms with Crippen molar-refractivity contribution in [2.75, 3.05) is 0 Å². The molecule has 3 aromatic rings. The first-order valence-corrected chi connectivity index (χ1v) is 7.59. The number of carbonyl (C=O) groups is 1. The number of benzene rings is 2. The quantitative estimate of drug-likeness (QED) is 0.791. The maximum Gasteiger partial charge on any atom is 0.311 e. The molecule has 2 aromatic carbocycles. The summed E-state index contributed by atoms with van der Waals surface area (Å²) in [5.41, 5.74) is 2.84. The number of hydrogen-bond donors (Lipinski definition) is 1. The average Bonchev–Trinajstić information content (AvgIpc) is 2.87. The molecule has 0 saturated carbocycles. The van der Waals surface area contributed by atoms with E-state index in [0.29, 0.717) is 6.42 Å². The van der Waals surface area contributed by atoms with Gasteiger partial charge in [0.05, 0.1) is 21.1 Å². The Morgan fingerprint density at radius 2 is 2.05 bits per heavy atom. The summed E-state index contributed by atoms with van der Waals surface area (Å²) in [7, 11) is 0. The van der Waals surface area contributed by atoms with Crippen molar-refractivity contribution in [3.8, 4) is 0 Å². The maximum atomic E-state index is 11.6. The molecular weight excluding hydrogens is 282 g/mol. The number of hydrogen-bond acceptors (Lipinski definition) is 3. The van der Waals surface area contributed by atoms with Crippen molar-refractivity contribution in [1.82, 2.24) is 4.98 Å². The maximum absolute atomic E-state index is 11.6. The van der Waals surface area contributed by atoms with Crippen molar-refractivity contribution in [3.63, 3.8) is 0 Å². The molecule has 1 unspecified atom stereocenters. The third kappa shape index (κ3) is 2.95. The number of rotatable bonds is 4. The molecule has 1 aromatic heterocycles. The van der Waals surface area contributed by atoms with E-state index in [-0.39, 0.29) is 0 Å². The number of carboxylic acids is 1. The highest BCUT2D eigenvalue weighted by molar-refractivity contribution is 7.18. The molecule has 3 nitrogen and oxygen atoms in total. The highest BCUT2D eigenvalue weighted by Gasteiger charge is 2.22. The van der Waals surface area contributed by atoms with Crippen molar-refractivity contribution in [3.05, 3.63) is 64.7 Å². The molecule has 0 aliphatic rings. The standard InChI is InChI=1S/C17H15NO2S/c1-11-5-4-6-12(9-11)13(17(19)20)10-16-18-14-7-2-3-8-15(14)21-16/h2-9,13H,10H2,1H3,(H,19,20). The van der Waals surface area contributed by atoms with E-state index in [1.807, 2.05) is 55.5 Å². The molecule has 0 amide bonds. The van der Waals surface area contributed by atoms with Crippen LogP contribution >= 0.6 is 11.3 Å². The van der Waals surface area contributed by atoms with Crippen LogP contribution in [0, 0.1) is 6.92 Å². The minimum Gasteiger partial charge on any atom is -0.481 e. The summed E-state index contributed by atoms with van der Waals surface area (Å²) in [4.78, 5) is 16.1. The van der Waals surface area contributed by atoms with Crippen LogP contribution < -0.4 is 0 Å². The molecule has 3 rings (SSSR count). The summed E-state index contributed by atoms with van der Waals surface area (Å²) < 4.78 is 1.10. The molecule has 0 fully saturated rings. The molecule has 1 N–H and O–H groups in total. The van der Waals surface area contributed by atoms with Gasteiger partial charge >= 0.3 is 5.97 Å². The Labute approximate surface area is 126 Å². The van der Waals surface area contributed by atoms with Crippen LogP contribution in [-0.4, -0.2) is 16.1 Å². The largest absolute Gasteiger partial charge is 0.481 e. The van der Waals surface area contributed by atoms with E-state index in [1.165, 1.54) is 0 Å². The summed E-state index contributed by atoms with van der Waals surface area (Å²) in [6.07, 6.45) is 0.429.